The van der Waals surface area contributed by atoms with Gasteiger partial charge in [0, 0.05) is 5.54 Å². The van der Waals surface area contributed by atoms with Crippen LogP contribution in [-0.4, -0.2) is 23.3 Å². The highest BCUT2D eigenvalue weighted by molar-refractivity contribution is 4.99. The van der Waals surface area contributed by atoms with Gasteiger partial charge in [0.2, 0.25) is 0 Å². The first kappa shape index (κ1) is 11.4. The van der Waals surface area contributed by atoms with Gasteiger partial charge in [0.1, 0.15) is 0 Å². The summed E-state index contributed by atoms with van der Waals surface area (Å²) in [6.07, 6.45) is 10.1. The van der Waals surface area contributed by atoms with Crippen molar-refractivity contribution in [2.24, 2.45) is 5.92 Å². The van der Waals surface area contributed by atoms with E-state index in [0.29, 0.717) is 5.92 Å². The maximum atomic E-state index is 10.2. The van der Waals surface area contributed by atoms with E-state index in [9.17, 15) is 5.11 Å². The number of aliphatic hydroxyl groups excluding tert-OH is 1. The minimum Gasteiger partial charge on any atom is -0.391 e. The quantitative estimate of drug-likeness (QED) is 0.653. The van der Waals surface area contributed by atoms with Gasteiger partial charge >= 0.3 is 0 Å². The van der Waals surface area contributed by atoms with Gasteiger partial charge in [-0.1, -0.05) is 25.7 Å². The van der Waals surface area contributed by atoms with Gasteiger partial charge in [-0.15, -0.1) is 0 Å². The lowest BCUT2D eigenvalue weighted by atomic mass is 9.73. The van der Waals surface area contributed by atoms with Crippen molar-refractivity contribution in [3.8, 4) is 0 Å². The monoisotopic (exact) mass is 211 g/mol. The highest BCUT2D eigenvalue weighted by Gasteiger charge is 2.41. The Bertz CT molecular complexity index is 199. The third-order valence-corrected chi connectivity index (χ3v) is 4.56. The lowest BCUT2D eigenvalue weighted by Crippen LogP contribution is -2.60. The summed E-state index contributed by atoms with van der Waals surface area (Å²) in [7, 11) is 0. The molecule has 2 aliphatic rings. The highest BCUT2D eigenvalue weighted by atomic mass is 16.3. The molecule has 0 aromatic rings. The van der Waals surface area contributed by atoms with E-state index in [1.54, 1.807) is 0 Å². The fraction of sp³-hybridized carbons (Fsp3) is 1.00. The number of piperidine rings is 1. The molecule has 0 spiro atoms. The van der Waals surface area contributed by atoms with E-state index < -0.39 is 0 Å². The summed E-state index contributed by atoms with van der Waals surface area (Å²) in [4.78, 5) is 0. The number of aliphatic hydroxyl groups is 1. The smallest absolute Gasteiger partial charge is 0.0722 e. The Kier molecular flexibility index (Phi) is 3.68. The molecule has 0 aromatic carbocycles. The summed E-state index contributed by atoms with van der Waals surface area (Å²) in [6.45, 7) is 3.33. The van der Waals surface area contributed by atoms with E-state index in [1.807, 2.05) is 0 Å². The summed E-state index contributed by atoms with van der Waals surface area (Å²) >= 11 is 0. The topological polar surface area (TPSA) is 32.3 Å². The van der Waals surface area contributed by atoms with Crippen LogP contribution in [0.2, 0.25) is 0 Å². The Morgan fingerprint density at radius 1 is 1.00 bits per heavy atom. The molecule has 0 radical (unpaired) electrons. The molecule has 15 heavy (non-hydrogen) atoms. The maximum absolute atomic E-state index is 10.2. The molecule has 1 saturated heterocycles. The number of hydrogen-bond donors (Lipinski definition) is 2. The van der Waals surface area contributed by atoms with Crippen molar-refractivity contribution in [2.45, 2.75) is 69.9 Å². The first-order valence-corrected chi connectivity index (χ1v) is 6.66. The van der Waals surface area contributed by atoms with Crippen LogP contribution in [0.3, 0.4) is 0 Å². The van der Waals surface area contributed by atoms with Gasteiger partial charge < -0.3 is 10.4 Å². The molecular formula is C13H25NO. The molecule has 2 atom stereocenters. The third-order valence-electron chi connectivity index (χ3n) is 4.56. The molecule has 2 heteroatoms. The van der Waals surface area contributed by atoms with Crippen LogP contribution >= 0.6 is 0 Å². The molecule has 88 valence electrons. The first-order valence-electron chi connectivity index (χ1n) is 6.66. The van der Waals surface area contributed by atoms with Crippen molar-refractivity contribution in [2.75, 3.05) is 6.54 Å². The number of hydrogen-bond acceptors (Lipinski definition) is 2. The summed E-state index contributed by atoms with van der Waals surface area (Å²) < 4.78 is 0. The molecule has 1 aliphatic carbocycles. The van der Waals surface area contributed by atoms with E-state index in [4.69, 9.17) is 0 Å². The Morgan fingerprint density at radius 3 is 2.27 bits per heavy atom. The zero-order chi connectivity index (χ0) is 10.7. The van der Waals surface area contributed by atoms with Crippen molar-refractivity contribution in [3.63, 3.8) is 0 Å². The van der Waals surface area contributed by atoms with Crippen LogP contribution in [0.15, 0.2) is 0 Å². The van der Waals surface area contributed by atoms with Crippen LogP contribution in [0.25, 0.3) is 0 Å². The van der Waals surface area contributed by atoms with Crippen LogP contribution in [0, 0.1) is 5.92 Å². The summed E-state index contributed by atoms with van der Waals surface area (Å²) in [6, 6.07) is 0. The van der Waals surface area contributed by atoms with Gasteiger partial charge in [0.05, 0.1) is 6.10 Å². The molecular weight excluding hydrogens is 186 g/mol. The molecule has 1 aliphatic heterocycles. The van der Waals surface area contributed by atoms with Crippen LogP contribution in [0.5, 0.6) is 0 Å². The van der Waals surface area contributed by atoms with E-state index in [0.717, 1.165) is 19.4 Å². The van der Waals surface area contributed by atoms with E-state index in [1.165, 1.54) is 38.5 Å². The predicted octanol–water partition coefficient (Wildman–Crippen LogP) is 2.46. The van der Waals surface area contributed by atoms with Crippen molar-refractivity contribution in [3.05, 3.63) is 0 Å². The van der Waals surface area contributed by atoms with E-state index in [2.05, 4.69) is 12.2 Å². The number of nitrogens with one attached hydrogen (secondary N) is 1. The minimum absolute atomic E-state index is 0.00257. The zero-order valence-corrected chi connectivity index (χ0v) is 9.97. The number of rotatable bonds is 1. The van der Waals surface area contributed by atoms with E-state index in [-0.39, 0.29) is 11.6 Å². The second-order valence-electron chi connectivity index (χ2n) is 5.56. The van der Waals surface area contributed by atoms with Gasteiger partial charge in [-0.2, -0.15) is 0 Å². The van der Waals surface area contributed by atoms with Gasteiger partial charge in [-0.05, 0) is 45.1 Å². The van der Waals surface area contributed by atoms with Crippen LogP contribution in [-0.2, 0) is 0 Å². The second-order valence-corrected chi connectivity index (χ2v) is 5.56. The highest BCUT2D eigenvalue weighted by Crippen LogP contribution is 2.36. The average Bonchev–Trinajstić information content (AvgIpc) is 2.51. The Morgan fingerprint density at radius 2 is 1.67 bits per heavy atom. The zero-order valence-electron chi connectivity index (χ0n) is 9.97. The Labute approximate surface area is 93.5 Å². The second kappa shape index (κ2) is 4.84. The molecule has 0 aromatic heterocycles. The lowest BCUT2D eigenvalue weighted by Gasteiger charge is -2.45. The summed E-state index contributed by atoms with van der Waals surface area (Å²) in [5, 5.41) is 13.8. The predicted molar refractivity (Wildman–Crippen MR) is 62.8 cm³/mol. The fourth-order valence-corrected chi connectivity index (χ4v) is 3.37. The maximum Gasteiger partial charge on any atom is 0.0722 e. The van der Waals surface area contributed by atoms with Gasteiger partial charge in [0.15, 0.2) is 0 Å². The lowest BCUT2D eigenvalue weighted by molar-refractivity contribution is 0.0000497. The fourth-order valence-electron chi connectivity index (χ4n) is 3.37. The summed E-state index contributed by atoms with van der Waals surface area (Å²) in [5.74, 6) is 0.690. The third kappa shape index (κ3) is 2.36. The standard InChI is InChI=1S/C13H25NO/c1-13(12(15)9-6-10-14-13)11-7-4-2-3-5-8-11/h11-12,14-15H,2-10H2,1H3. The molecule has 2 N–H and O–H groups in total. The van der Waals surface area contributed by atoms with Crippen molar-refractivity contribution in [1.82, 2.24) is 5.32 Å². The molecule has 2 rings (SSSR count). The van der Waals surface area contributed by atoms with Gasteiger partial charge in [-0.3, -0.25) is 0 Å². The largest absolute Gasteiger partial charge is 0.391 e. The van der Waals surface area contributed by atoms with Gasteiger partial charge in [0.25, 0.3) is 0 Å². The molecule has 1 heterocycles. The molecule has 0 bridgehead atoms. The van der Waals surface area contributed by atoms with Gasteiger partial charge in [-0.25, -0.2) is 0 Å². The van der Waals surface area contributed by atoms with Crippen LogP contribution < -0.4 is 5.32 Å². The normalized spacial score (nSPS) is 40.0. The van der Waals surface area contributed by atoms with Crippen molar-refractivity contribution >= 4 is 0 Å². The molecule has 2 nitrogen and oxygen atoms in total. The average molecular weight is 211 g/mol. The Balaban J connectivity index is 2.04. The first-order chi connectivity index (χ1) is 7.23. The Hall–Kier alpha value is -0.0800. The van der Waals surface area contributed by atoms with Crippen molar-refractivity contribution < 1.29 is 5.11 Å². The molecule has 0 amide bonds. The van der Waals surface area contributed by atoms with Crippen molar-refractivity contribution in [1.29, 1.82) is 0 Å². The SMILES string of the molecule is CC1(C2CCCCCC2)NCCCC1O. The van der Waals surface area contributed by atoms with Crippen LogP contribution in [0.4, 0.5) is 0 Å². The van der Waals surface area contributed by atoms with E-state index >= 15 is 0 Å². The molecule has 1 saturated carbocycles. The summed E-state index contributed by atoms with van der Waals surface area (Å²) in [5.41, 5.74) is 0.00257. The van der Waals surface area contributed by atoms with Crippen LogP contribution in [0.1, 0.15) is 58.3 Å². The molecule has 2 unspecified atom stereocenters. The molecule has 2 fully saturated rings. The minimum atomic E-state index is -0.130.